The average Bonchev–Trinajstić information content (AvgIpc) is 3.15. The fourth-order valence-electron chi connectivity index (χ4n) is 2.40. The molecule has 0 amide bonds. The number of nitrogens with zero attached hydrogens (tertiary/aromatic N) is 1. The number of nitrogen functional groups attached to an aromatic ring is 1. The van der Waals surface area contributed by atoms with E-state index in [-0.39, 0.29) is 11.4 Å². The van der Waals surface area contributed by atoms with Gasteiger partial charge in [0, 0.05) is 29.3 Å². The minimum atomic E-state index is -3.61. The second-order valence-electron chi connectivity index (χ2n) is 5.40. The number of rotatable bonds is 5. The molecule has 0 aliphatic heterocycles. The van der Waals surface area contributed by atoms with Crippen LogP contribution in [0.2, 0.25) is 0 Å². The molecule has 0 radical (unpaired) electrons. The number of aromatic nitrogens is 1. The third-order valence-corrected chi connectivity index (χ3v) is 5.56. The van der Waals surface area contributed by atoms with Gasteiger partial charge in [-0.15, -0.1) is 6.42 Å². The Balaban J connectivity index is 2.05. The molecule has 1 aliphatic carbocycles. The molecule has 3 rings (SSSR count). The number of nitrogens with one attached hydrogen (secondary N) is 1. The number of anilines is 1. The van der Waals surface area contributed by atoms with Crippen molar-refractivity contribution in [3.8, 4) is 12.3 Å². The van der Waals surface area contributed by atoms with Gasteiger partial charge in [-0.25, -0.2) is 8.42 Å². The smallest absolute Gasteiger partial charge is 0.246 e. The van der Waals surface area contributed by atoms with Crippen molar-refractivity contribution in [2.75, 3.05) is 18.8 Å². The van der Waals surface area contributed by atoms with Gasteiger partial charge < -0.3 is 10.7 Å². The maximum absolute atomic E-state index is 12.8. The minimum Gasteiger partial charge on any atom is -0.399 e. The molecule has 1 aliphatic rings. The Morgan fingerprint density at radius 3 is 2.86 bits per heavy atom. The van der Waals surface area contributed by atoms with E-state index < -0.39 is 10.0 Å². The fraction of sp³-hybridized carbons (Fsp3) is 0.333. The number of H-pyrrole nitrogens is 1. The topological polar surface area (TPSA) is 79.2 Å². The Morgan fingerprint density at radius 1 is 1.43 bits per heavy atom. The Bertz CT molecular complexity index is 813. The van der Waals surface area contributed by atoms with Crippen molar-refractivity contribution in [1.29, 1.82) is 0 Å². The number of aromatic amines is 1. The van der Waals surface area contributed by atoms with Crippen LogP contribution in [0.1, 0.15) is 12.8 Å². The van der Waals surface area contributed by atoms with Gasteiger partial charge in [0.15, 0.2) is 0 Å². The van der Waals surface area contributed by atoms with Crippen LogP contribution < -0.4 is 5.73 Å². The molecule has 0 spiro atoms. The van der Waals surface area contributed by atoms with Crippen molar-refractivity contribution in [2.45, 2.75) is 17.7 Å². The zero-order valence-corrected chi connectivity index (χ0v) is 12.4. The van der Waals surface area contributed by atoms with Gasteiger partial charge >= 0.3 is 0 Å². The summed E-state index contributed by atoms with van der Waals surface area (Å²) in [5.74, 6) is 2.87. The van der Waals surface area contributed by atoms with Crippen molar-refractivity contribution in [3.05, 3.63) is 24.4 Å². The van der Waals surface area contributed by atoms with Gasteiger partial charge in [-0.1, -0.05) is 5.92 Å². The SMILES string of the molecule is C#CCN(CC1CC1)S(=O)(=O)c1c[nH]c2ccc(N)cc12. The van der Waals surface area contributed by atoms with Crippen molar-refractivity contribution < 1.29 is 8.42 Å². The first kappa shape index (κ1) is 14.0. The van der Waals surface area contributed by atoms with E-state index in [9.17, 15) is 8.42 Å². The molecule has 2 aromatic rings. The summed E-state index contributed by atoms with van der Waals surface area (Å²) >= 11 is 0. The van der Waals surface area contributed by atoms with Crippen molar-refractivity contribution in [3.63, 3.8) is 0 Å². The lowest BCUT2D eigenvalue weighted by molar-refractivity contribution is 0.430. The van der Waals surface area contributed by atoms with Crippen LogP contribution in [0.25, 0.3) is 10.9 Å². The highest BCUT2D eigenvalue weighted by molar-refractivity contribution is 7.89. The highest BCUT2D eigenvalue weighted by Gasteiger charge is 2.32. The molecule has 3 N–H and O–H groups in total. The molecule has 0 bridgehead atoms. The van der Waals surface area contributed by atoms with Crippen LogP contribution in [-0.2, 0) is 10.0 Å². The first-order valence-electron chi connectivity index (χ1n) is 6.82. The number of sulfonamides is 1. The summed E-state index contributed by atoms with van der Waals surface area (Å²) in [5.41, 5.74) is 7.04. The molecule has 1 saturated carbocycles. The standard InChI is InChI=1S/C15H17N3O2S/c1-2-7-18(10-11-3-4-11)21(19,20)15-9-17-14-6-5-12(16)8-13(14)15/h1,5-6,8-9,11,17H,3-4,7,10,16H2. The van der Waals surface area contributed by atoms with Crippen LogP contribution in [0.3, 0.4) is 0 Å². The van der Waals surface area contributed by atoms with E-state index in [0.717, 1.165) is 18.4 Å². The van der Waals surface area contributed by atoms with E-state index in [1.807, 2.05) is 0 Å². The lowest BCUT2D eigenvalue weighted by atomic mass is 10.2. The quantitative estimate of drug-likeness (QED) is 0.653. The molecule has 1 heterocycles. The Morgan fingerprint density at radius 2 is 2.19 bits per heavy atom. The summed E-state index contributed by atoms with van der Waals surface area (Å²) in [7, 11) is -3.61. The van der Waals surface area contributed by atoms with E-state index in [1.165, 1.54) is 10.5 Å². The number of hydrogen-bond acceptors (Lipinski definition) is 3. The molecule has 6 heteroatoms. The number of fused-ring (bicyclic) bond motifs is 1. The second-order valence-corrected chi connectivity index (χ2v) is 7.31. The molecule has 1 aromatic carbocycles. The second kappa shape index (κ2) is 5.10. The van der Waals surface area contributed by atoms with Gasteiger partial charge in [0.2, 0.25) is 10.0 Å². The largest absolute Gasteiger partial charge is 0.399 e. The zero-order chi connectivity index (χ0) is 15.0. The summed E-state index contributed by atoms with van der Waals surface area (Å²) in [6.07, 6.45) is 8.97. The van der Waals surface area contributed by atoms with Crippen LogP contribution in [0, 0.1) is 18.3 Å². The monoisotopic (exact) mass is 303 g/mol. The first-order valence-corrected chi connectivity index (χ1v) is 8.26. The van der Waals surface area contributed by atoms with E-state index in [4.69, 9.17) is 12.2 Å². The molecule has 0 saturated heterocycles. The Labute approximate surface area is 124 Å². The summed E-state index contributed by atoms with van der Waals surface area (Å²) in [5, 5.41) is 0.604. The molecule has 5 nitrogen and oxygen atoms in total. The maximum atomic E-state index is 12.8. The van der Waals surface area contributed by atoms with Crippen LogP contribution in [0.5, 0.6) is 0 Å². The van der Waals surface area contributed by atoms with Gasteiger partial charge in [0.1, 0.15) is 4.90 Å². The van der Waals surface area contributed by atoms with E-state index >= 15 is 0 Å². The predicted octanol–water partition coefficient (Wildman–Crippen LogP) is 1.78. The summed E-state index contributed by atoms with van der Waals surface area (Å²) in [6.45, 7) is 0.579. The highest BCUT2D eigenvalue weighted by atomic mass is 32.2. The lowest BCUT2D eigenvalue weighted by Crippen LogP contribution is -2.33. The minimum absolute atomic E-state index is 0.0911. The van der Waals surface area contributed by atoms with E-state index in [0.29, 0.717) is 23.5 Å². The molecule has 0 unspecified atom stereocenters. The molecule has 1 fully saturated rings. The summed E-state index contributed by atoms with van der Waals surface area (Å²) < 4.78 is 27.1. The van der Waals surface area contributed by atoms with Crippen molar-refractivity contribution >= 4 is 26.6 Å². The number of terminal acetylenes is 1. The average molecular weight is 303 g/mol. The molecule has 110 valence electrons. The molecule has 0 atom stereocenters. The van der Waals surface area contributed by atoms with E-state index in [1.54, 1.807) is 18.2 Å². The van der Waals surface area contributed by atoms with Crippen LogP contribution >= 0.6 is 0 Å². The third-order valence-electron chi connectivity index (χ3n) is 3.71. The van der Waals surface area contributed by atoms with Crippen LogP contribution in [0.15, 0.2) is 29.3 Å². The van der Waals surface area contributed by atoms with Gasteiger partial charge in [-0.05, 0) is 37.0 Å². The lowest BCUT2D eigenvalue weighted by Gasteiger charge is -2.19. The Hall–Kier alpha value is -1.97. The molecule has 1 aromatic heterocycles. The van der Waals surface area contributed by atoms with E-state index in [2.05, 4.69) is 10.9 Å². The van der Waals surface area contributed by atoms with Crippen LogP contribution in [-0.4, -0.2) is 30.8 Å². The molecular formula is C15H17N3O2S. The normalized spacial score (nSPS) is 15.4. The molecule has 21 heavy (non-hydrogen) atoms. The van der Waals surface area contributed by atoms with Gasteiger partial charge in [-0.2, -0.15) is 4.31 Å². The van der Waals surface area contributed by atoms with Gasteiger partial charge in [0.25, 0.3) is 0 Å². The van der Waals surface area contributed by atoms with Gasteiger partial charge in [-0.3, -0.25) is 0 Å². The fourth-order valence-corrected chi connectivity index (χ4v) is 3.99. The van der Waals surface area contributed by atoms with Gasteiger partial charge in [0.05, 0.1) is 6.54 Å². The maximum Gasteiger partial charge on any atom is 0.246 e. The highest BCUT2D eigenvalue weighted by Crippen LogP contribution is 2.33. The zero-order valence-electron chi connectivity index (χ0n) is 11.5. The van der Waals surface area contributed by atoms with Crippen molar-refractivity contribution in [1.82, 2.24) is 9.29 Å². The summed E-state index contributed by atoms with van der Waals surface area (Å²) in [6, 6.07) is 5.18. The molecular weight excluding hydrogens is 286 g/mol. The third kappa shape index (κ3) is 2.62. The number of nitrogens with two attached hydrogens (primary N) is 1. The van der Waals surface area contributed by atoms with Crippen LogP contribution in [0.4, 0.5) is 5.69 Å². The Kier molecular flexibility index (Phi) is 3.40. The predicted molar refractivity (Wildman–Crippen MR) is 83.0 cm³/mol. The first-order chi connectivity index (χ1) is 10.0. The number of benzene rings is 1. The summed E-state index contributed by atoms with van der Waals surface area (Å²) in [4.78, 5) is 3.21. The van der Waals surface area contributed by atoms with Crippen molar-refractivity contribution in [2.24, 2.45) is 5.92 Å². The number of hydrogen-bond donors (Lipinski definition) is 2.